The monoisotopic (exact) mass is 312 g/mol. The fourth-order valence-corrected chi connectivity index (χ4v) is 5.85. The van der Waals surface area contributed by atoms with Crippen molar-refractivity contribution in [1.82, 2.24) is 9.88 Å². The van der Waals surface area contributed by atoms with Crippen LogP contribution in [0.4, 0.5) is 0 Å². The van der Waals surface area contributed by atoms with Crippen LogP contribution in [0.5, 0.6) is 0 Å². The number of nitrogens with zero attached hydrogens (tertiary/aromatic N) is 2. The van der Waals surface area contributed by atoms with Gasteiger partial charge in [-0.05, 0) is 62.7 Å². The summed E-state index contributed by atoms with van der Waals surface area (Å²) in [4.78, 5) is 21.8. The highest BCUT2D eigenvalue weighted by molar-refractivity contribution is 7.20. The number of thiophene rings is 1. The quantitative estimate of drug-likeness (QED) is 0.809. The molecule has 3 aliphatic heterocycles. The van der Waals surface area contributed by atoms with E-state index in [1.54, 1.807) is 17.5 Å². The van der Waals surface area contributed by atoms with Crippen LogP contribution >= 0.6 is 11.3 Å². The third-order valence-corrected chi connectivity index (χ3v) is 7.26. The smallest absolute Gasteiger partial charge is 0.173 e. The zero-order chi connectivity index (χ0) is 14.7. The minimum atomic E-state index is 0.341. The number of carbonyl (C=O) groups is 1. The molecule has 0 N–H and O–H groups in total. The highest BCUT2D eigenvalue weighted by Crippen LogP contribution is 2.58. The number of fused-ring (bicyclic) bond motifs is 3. The van der Waals surface area contributed by atoms with E-state index >= 15 is 0 Å². The first-order chi connectivity index (χ1) is 10.8. The summed E-state index contributed by atoms with van der Waals surface area (Å²) in [5, 5.41) is 1.10. The van der Waals surface area contributed by atoms with Crippen molar-refractivity contribution in [3.63, 3.8) is 0 Å². The minimum Gasteiger partial charge on any atom is -0.297 e. The lowest BCUT2D eigenvalue weighted by Gasteiger charge is -2.52. The second-order valence-corrected chi connectivity index (χ2v) is 8.20. The van der Waals surface area contributed by atoms with Crippen molar-refractivity contribution in [3.05, 3.63) is 29.3 Å². The fourth-order valence-electron chi connectivity index (χ4n) is 4.90. The van der Waals surface area contributed by atoms with Crippen LogP contribution in [0, 0.1) is 11.8 Å². The highest BCUT2D eigenvalue weighted by atomic mass is 32.1. The van der Waals surface area contributed by atoms with Crippen LogP contribution in [-0.4, -0.2) is 34.3 Å². The Morgan fingerprint density at radius 1 is 1.36 bits per heavy atom. The molecular weight excluding hydrogens is 292 g/mol. The number of aromatic nitrogens is 1. The largest absolute Gasteiger partial charge is 0.297 e. The maximum Gasteiger partial charge on any atom is 0.173 e. The molecule has 1 atom stereocenters. The van der Waals surface area contributed by atoms with Crippen LogP contribution in [0.2, 0.25) is 0 Å². The summed E-state index contributed by atoms with van der Waals surface area (Å²) in [6.45, 7) is 2.53. The van der Waals surface area contributed by atoms with Crippen LogP contribution in [0.15, 0.2) is 24.4 Å². The molecule has 4 fully saturated rings. The van der Waals surface area contributed by atoms with Crippen molar-refractivity contribution >= 4 is 27.3 Å². The van der Waals surface area contributed by atoms with Crippen LogP contribution in [0.25, 0.3) is 10.2 Å². The van der Waals surface area contributed by atoms with Gasteiger partial charge in [-0.1, -0.05) is 6.07 Å². The summed E-state index contributed by atoms with van der Waals surface area (Å²) in [6.07, 6.45) is 7.78. The zero-order valence-electron chi connectivity index (χ0n) is 12.6. The second-order valence-electron chi connectivity index (χ2n) is 7.17. The standard InChI is InChI=1S/C18H20N2OS/c21-15(16-10-13-2-1-7-19-17(13)22-16)11-14-12-3-8-20(9-4-12)18(14)5-6-18/h1-2,7,10,12,14H,3-6,8-9,11H2/t14-/m0/s1. The first-order valence-electron chi connectivity index (χ1n) is 8.39. The maximum atomic E-state index is 12.8. The second kappa shape index (κ2) is 4.62. The Bertz CT molecular complexity index is 707. The molecule has 0 aromatic carbocycles. The molecule has 0 unspecified atom stereocenters. The van der Waals surface area contributed by atoms with Gasteiger partial charge in [-0.3, -0.25) is 9.69 Å². The van der Waals surface area contributed by atoms with Crippen molar-refractivity contribution in [2.45, 2.75) is 37.6 Å². The molecule has 3 saturated heterocycles. The fraction of sp³-hybridized carbons (Fsp3) is 0.556. The van der Waals surface area contributed by atoms with E-state index in [1.807, 2.05) is 18.2 Å². The molecular formula is C18H20N2OS. The van der Waals surface area contributed by atoms with Crippen molar-refractivity contribution in [1.29, 1.82) is 0 Å². The van der Waals surface area contributed by atoms with Gasteiger partial charge in [0, 0.05) is 23.5 Å². The normalized spacial score (nSPS) is 31.7. The Labute approximate surface area is 134 Å². The Balaban J connectivity index is 1.42. The number of hydrogen-bond donors (Lipinski definition) is 0. The predicted molar refractivity (Wildman–Crippen MR) is 88.3 cm³/mol. The summed E-state index contributed by atoms with van der Waals surface area (Å²) < 4.78 is 0. The number of hydrogen-bond acceptors (Lipinski definition) is 4. The number of carbonyl (C=O) groups excluding carboxylic acids is 1. The molecule has 114 valence electrons. The molecule has 2 aromatic heterocycles. The first kappa shape index (κ1) is 13.2. The summed E-state index contributed by atoms with van der Waals surface area (Å²) in [5.41, 5.74) is 0.408. The molecule has 1 aliphatic carbocycles. The Hall–Kier alpha value is -1.26. The molecule has 22 heavy (non-hydrogen) atoms. The lowest BCUT2D eigenvalue weighted by atomic mass is 9.70. The molecule has 3 nitrogen and oxygen atoms in total. The molecule has 1 spiro atoms. The number of ketones is 1. The Morgan fingerprint density at radius 2 is 2.18 bits per heavy atom. The van der Waals surface area contributed by atoms with Crippen LogP contribution in [-0.2, 0) is 0 Å². The van der Waals surface area contributed by atoms with Gasteiger partial charge in [0.05, 0.1) is 4.88 Å². The molecule has 4 heteroatoms. The zero-order valence-corrected chi connectivity index (χ0v) is 13.4. The third kappa shape index (κ3) is 1.83. The number of Topliss-reactive ketones (excluding diaryl/α,β-unsaturated/α-hetero) is 1. The number of piperidine rings is 3. The van der Waals surface area contributed by atoms with E-state index in [9.17, 15) is 4.79 Å². The van der Waals surface area contributed by atoms with Crippen LogP contribution in [0.1, 0.15) is 41.8 Å². The summed E-state index contributed by atoms with van der Waals surface area (Å²) in [6, 6.07) is 6.03. The van der Waals surface area contributed by atoms with E-state index in [0.717, 1.165) is 27.4 Å². The van der Waals surface area contributed by atoms with Crippen LogP contribution < -0.4 is 0 Å². The van der Waals surface area contributed by atoms with Crippen molar-refractivity contribution < 1.29 is 4.79 Å². The molecule has 0 radical (unpaired) electrons. The van der Waals surface area contributed by atoms with Gasteiger partial charge in [-0.15, -0.1) is 11.3 Å². The number of pyridine rings is 1. The molecule has 0 amide bonds. The van der Waals surface area contributed by atoms with Gasteiger partial charge in [0.2, 0.25) is 0 Å². The molecule has 6 rings (SSSR count). The lowest BCUT2D eigenvalue weighted by Crippen LogP contribution is -2.57. The van der Waals surface area contributed by atoms with E-state index in [1.165, 1.54) is 38.8 Å². The maximum absolute atomic E-state index is 12.8. The van der Waals surface area contributed by atoms with Gasteiger partial charge < -0.3 is 0 Å². The molecule has 4 aliphatic rings. The SMILES string of the molecule is O=C(C[C@H]1C2CCN(CC2)C12CC2)c1cc2cccnc2s1. The van der Waals surface area contributed by atoms with Crippen molar-refractivity contribution in [3.8, 4) is 0 Å². The molecule has 5 heterocycles. The van der Waals surface area contributed by atoms with E-state index in [-0.39, 0.29) is 0 Å². The predicted octanol–water partition coefficient (Wildman–Crippen LogP) is 3.74. The number of rotatable bonds is 3. The Morgan fingerprint density at radius 3 is 2.91 bits per heavy atom. The van der Waals surface area contributed by atoms with Gasteiger partial charge >= 0.3 is 0 Å². The van der Waals surface area contributed by atoms with E-state index in [4.69, 9.17) is 0 Å². The molecule has 1 saturated carbocycles. The van der Waals surface area contributed by atoms with E-state index < -0.39 is 0 Å². The third-order valence-electron chi connectivity index (χ3n) is 6.16. The van der Waals surface area contributed by atoms with Gasteiger partial charge in [0.1, 0.15) is 4.83 Å². The topological polar surface area (TPSA) is 33.2 Å². The summed E-state index contributed by atoms with van der Waals surface area (Å²) in [7, 11) is 0. The van der Waals surface area contributed by atoms with Gasteiger partial charge in [0.25, 0.3) is 0 Å². The summed E-state index contributed by atoms with van der Waals surface area (Å²) >= 11 is 1.56. The Kier molecular flexibility index (Phi) is 2.77. The van der Waals surface area contributed by atoms with Gasteiger partial charge in [-0.2, -0.15) is 0 Å². The lowest BCUT2D eigenvalue weighted by molar-refractivity contribution is -0.0273. The van der Waals surface area contributed by atoms with Gasteiger partial charge in [-0.25, -0.2) is 4.98 Å². The molecule has 2 aromatic rings. The van der Waals surface area contributed by atoms with Crippen LogP contribution in [0.3, 0.4) is 0 Å². The van der Waals surface area contributed by atoms with E-state index in [0.29, 0.717) is 17.2 Å². The first-order valence-corrected chi connectivity index (χ1v) is 9.21. The van der Waals surface area contributed by atoms with Gasteiger partial charge in [0.15, 0.2) is 5.78 Å². The summed E-state index contributed by atoms with van der Waals surface area (Å²) in [5.74, 6) is 1.72. The highest BCUT2D eigenvalue weighted by Gasteiger charge is 2.60. The molecule has 2 bridgehead atoms. The average Bonchev–Trinajstić information content (AvgIpc) is 3.20. The average molecular weight is 312 g/mol. The minimum absolute atomic E-state index is 0.341. The van der Waals surface area contributed by atoms with Crippen molar-refractivity contribution in [2.24, 2.45) is 11.8 Å². The van der Waals surface area contributed by atoms with Crippen molar-refractivity contribution in [2.75, 3.05) is 13.1 Å². The van der Waals surface area contributed by atoms with E-state index in [2.05, 4.69) is 9.88 Å².